The van der Waals surface area contributed by atoms with Crippen molar-refractivity contribution < 1.29 is 18.8 Å². The first kappa shape index (κ1) is 26.0. The van der Waals surface area contributed by atoms with Crippen LogP contribution < -0.4 is 5.32 Å². The summed E-state index contributed by atoms with van der Waals surface area (Å²) in [7, 11) is -2.04. The maximum Gasteiger partial charge on any atom is 0.255 e. The fourth-order valence-corrected chi connectivity index (χ4v) is 6.63. The summed E-state index contributed by atoms with van der Waals surface area (Å²) in [5.41, 5.74) is 0.578. The van der Waals surface area contributed by atoms with E-state index in [1.54, 1.807) is 6.07 Å². The molecule has 2 amide bonds. The van der Waals surface area contributed by atoms with Crippen molar-refractivity contribution in [3.05, 3.63) is 29.8 Å². The number of likely N-dealkylation sites (tertiary alicyclic amines) is 1. The van der Waals surface area contributed by atoms with Crippen LogP contribution in [0, 0.1) is 11.8 Å². The van der Waals surface area contributed by atoms with Crippen molar-refractivity contribution in [2.24, 2.45) is 11.8 Å². The van der Waals surface area contributed by atoms with Gasteiger partial charge in [-0.3, -0.25) is 14.4 Å². The SMILES string of the molecule is C[C@H](C(=O)Sc1ccccc1C(=O)N1CCCC1)[C@H]1NC(=O)[C@@H]1[C@@H](C)O[Si](C)(C)C(C)(C)C. The van der Waals surface area contributed by atoms with E-state index >= 15 is 0 Å². The van der Waals surface area contributed by atoms with Gasteiger partial charge in [0.15, 0.2) is 13.4 Å². The molecule has 0 spiro atoms. The second-order valence-corrected chi connectivity index (χ2v) is 16.7. The molecule has 2 aliphatic heterocycles. The maximum absolute atomic E-state index is 13.2. The molecule has 4 atom stereocenters. The van der Waals surface area contributed by atoms with Gasteiger partial charge < -0.3 is 14.6 Å². The number of carbonyl (C=O) groups is 3. The molecule has 0 radical (unpaired) electrons. The molecule has 0 bridgehead atoms. The standard InChI is InChI=1S/C25H38N2O4SSi/c1-16(21-20(22(28)26-21)17(2)31-33(6,7)25(3,4)5)24(30)32-19-13-9-8-12-18(19)23(29)27-14-10-11-15-27/h8-9,12-13,16-17,20-21H,10-11,14-15H2,1-7H3,(H,26,28)/t16-,17+,20+,21+/m0/s1. The van der Waals surface area contributed by atoms with Crippen molar-refractivity contribution in [1.82, 2.24) is 10.2 Å². The number of nitrogens with zero attached hydrogens (tertiary/aromatic N) is 1. The molecule has 6 nitrogen and oxygen atoms in total. The van der Waals surface area contributed by atoms with Crippen LogP contribution in [-0.4, -0.2) is 55.4 Å². The van der Waals surface area contributed by atoms with E-state index in [1.807, 2.05) is 36.9 Å². The van der Waals surface area contributed by atoms with Gasteiger partial charge in [0, 0.05) is 23.9 Å². The van der Waals surface area contributed by atoms with Gasteiger partial charge in [-0.25, -0.2) is 0 Å². The summed E-state index contributed by atoms with van der Waals surface area (Å²) >= 11 is 1.11. The molecular weight excluding hydrogens is 452 g/mol. The Kier molecular flexibility index (Phi) is 7.81. The molecule has 2 aliphatic rings. The topological polar surface area (TPSA) is 75.7 Å². The molecule has 3 rings (SSSR count). The molecule has 1 aromatic rings. The number of amides is 2. The van der Waals surface area contributed by atoms with E-state index in [0.29, 0.717) is 10.5 Å². The van der Waals surface area contributed by atoms with Crippen LogP contribution in [0.15, 0.2) is 29.2 Å². The van der Waals surface area contributed by atoms with E-state index in [0.717, 1.165) is 37.7 Å². The third-order valence-electron chi connectivity index (χ3n) is 7.42. The molecule has 0 unspecified atom stereocenters. The molecular formula is C25H38N2O4SSi. The molecule has 33 heavy (non-hydrogen) atoms. The summed E-state index contributed by atoms with van der Waals surface area (Å²) in [6, 6.07) is 7.05. The number of benzene rings is 1. The van der Waals surface area contributed by atoms with E-state index in [-0.39, 0.29) is 40.0 Å². The second-order valence-electron chi connectivity index (χ2n) is 10.8. The van der Waals surface area contributed by atoms with E-state index < -0.39 is 14.2 Å². The highest BCUT2D eigenvalue weighted by Gasteiger charge is 2.50. The molecule has 0 saturated carbocycles. The summed E-state index contributed by atoms with van der Waals surface area (Å²) in [6.07, 6.45) is 1.79. The van der Waals surface area contributed by atoms with Gasteiger partial charge in [-0.2, -0.15) is 0 Å². The Labute approximate surface area is 203 Å². The molecule has 2 heterocycles. The summed E-state index contributed by atoms with van der Waals surface area (Å²) in [4.78, 5) is 41.2. The predicted octanol–water partition coefficient (Wildman–Crippen LogP) is 4.70. The minimum Gasteiger partial charge on any atom is -0.413 e. The Morgan fingerprint density at radius 1 is 1.15 bits per heavy atom. The second kappa shape index (κ2) is 9.92. The zero-order valence-electron chi connectivity index (χ0n) is 20.9. The van der Waals surface area contributed by atoms with Crippen LogP contribution in [-0.2, 0) is 14.0 Å². The maximum atomic E-state index is 13.2. The molecule has 2 fully saturated rings. The van der Waals surface area contributed by atoms with Crippen molar-refractivity contribution in [1.29, 1.82) is 0 Å². The highest BCUT2D eigenvalue weighted by molar-refractivity contribution is 8.13. The fraction of sp³-hybridized carbons (Fsp3) is 0.640. The molecule has 1 aromatic carbocycles. The third kappa shape index (κ3) is 5.54. The Hall–Kier alpha value is -1.64. The van der Waals surface area contributed by atoms with Gasteiger partial charge in [-0.1, -0.05) is 51.6 Å². The highest BCUT2D eigenvalue weighted by Crippen LogP contribution is 2.40. The average molecular weight is 491 g/mol. The third-order valence-corrected chi connectivity index (χ3v) is 13.1. The van der Waals surface area contributed by atoms with Gasteiger partial charge in [0.1, 0.15) is 0 Å². The molecule has 8 heteroatoms. The van der Waals surface area contributed by atoms with Crippen molar-refractivity contribution in [2.75, 3.05) is 13.1 Å². The van der Waals surface area contributed by atoms with E-state index in [2.05, 4.69) is 39.2 Å². The van der Waals surface area contributed by atoms with Crippen molar-refractivity contribution in [2.45, 2.75) is 82.6 Å². The first-order chi connectivity index (χ1) is 15.3. The number of β-lactam (4-membered cyclic amide) rings is 1. The monoisotopic (exact) mass is 490 g/mol. The minimum absolute atomic E-state index is 0.0118. The number of thioether (sulfide) groups is 1. The van der Waals surface area contributed by atoms with Gasteiger partial charge in [0.25, 0.3) is 5.91 Å². The van der Waals surface area contributed by atoms with Crippen LogP contribution in [0.1, 0.15) is 57.8 Å². The van der Waals surface area contributed by atoms with E-state index in [9.17, 15) is 14.4 Å². The molecule has 2 saturated heterocycles. The molecule has 1 N–H and O–H groups in total. The lowest BCUT2D eigenvalue weighted by Gasteiger charge is -2.46. The number of rotatable bonds is 7. The first-order valence-corrected chi connectivity index (χ1v) is 15.6. The Balaban J connectivity index is 1.69. The minimum atomic E-state index is -2.04. The lowest BCUT2D eigenvalue weighted by molar-refractivity contribution is -0.143. The Morgan fingerprint density at radius 2 is 1.76 bits per heavy atom. The number of hydrogen-bond donors (Lipinski definition) is 1. The first-order valence-electron chi connectivity index (χ1n) is 11.9. The lowest BCUT2D eigenvalue weighted by Crippen LogP contribution is -2.66. The summed E-state index contributed by atoms with van der Waals surface area (Å²) in [6.45, 7) is 16.2. The van der Waals surface area contributed by atoms with Crippen LogP contribution in [0.4, 0.5) is 0 Å². The van der Waals surface area contributed by atoms with Crippen molar-refractivity contribution in [3.8, 4) is 0 Å². The van der Waals surface area contributed by atoms with Gasteiger partial charge >= 0.3 is 0 Å². The van der Waals surface area contributed by atoms with Crippen molar-refractivity contribution >= 4 is 37.0 Å². The summed E-state index contributed by atoms with van der Waals surface area (Å²) < 4.78 is 6.47. The van der Waals surface area contributed by atoms with Crippen LogP contribution >= 0.6 is 11.8 Å². The van der Waals surface area contributed by atoms with Crippen LogP contribution in [0.2, 0.25) is 18.1 Å². The van der Waals surface area contributed by atoms with Gasteiger partial charge in [-0.15, -0.1) is 0 Å². The average Bonchev–Trinajstić information content (AvgIpc) is 3.24. The molecule has 182 valence electrons. The predicted molar refractivity (Wildman–Crippen MR) is 135 cm³/mol. The highest BCUT2D eigenvalue weighted by atomic mass is 32.2. The Bertz CT molecular complexity index is 908. The van der Waals surface area contributed by atoms with E-state index in [1.165, 1.54) is 0 Å². The largest absolute Gasteiger partial charge is 0.413 e. The van der Waals surface area contributed by atoms with Gasteiger partial charge in [0.05, 0.1) is 23.6 Å². The lowest BCUT2D eigenvalue weighted by atomic mass is 9.79. The number of hydrogen-bond acceptors (Lipinski definition) is 5. The quantitative estimate of drug-likeness (QED) is 0.341. The normalized spacial score (nSPS) is 23.0. The fourth-order valence-electron chi connectivity index (χ4n) is 4.24. The van der Waals surface area contributed by atoms with Crippen molar-refractivity contribution in [3.63, 3.8) is 0 Å². The zero-order chi connectivity index (χ0) is 24.6. The summed E-state index contributed by atoms with van der Waals surface area (Å²) in [5, 5.41) is 2.93. The molecule has 0 aromatic heterocycles. The van der Waals surface area contributed by atoms with Gasteiger partial charge in [0.2, 0.25) is 5.91 Å². The van der Waals surface area contributed by atoms with Crippen LogP contribution in [0.5, 0.6) is 0 Å². The summed E-state index contributed by atoms with van der Waals surface area (Å²) in [5.74, 6) is -0.805. The molecule has 0 aliphatic carbocycles. The van der Waals surface area contributed by atoms with Crippen LogP contribution in [0.25, 0.3) is 0 Å². The zero-order valence-corrected chi connectivity index (χ0v) is 22.8. The number of carbonyl (C=O) groups excluding carboxylic acids is 3. The van der Waals surface area contributed by atoms with Gasteiger partial charge in [-0.05, 0) is 50.0 Å². The smallest absolute Gasteiger partial charge is 0.255 e. The van der Waals surface area contributed by atoms with E-state index in [4.69, 9.17) is 4.43 Å². The van der Waals surface area contributed by atoms with Crippen LogP contribution in [0.3, 0.4) is 0 Å². The Morgan fingerprint density at radius 3 is 2.33 bits per heavy atom. The number of nitrogens with one attached hydrogen (secondary N) is 1.